The first-order valence-corrected chi connectivity index (χ1v) is 10.3. The highest BCUT2D eigenvalue weighted by Crippen LogP contribution is 2.27. The van der Waals surface area contributed by atoms with Crippen molar-refractivity contribution in [3.63, 3.8) is 0 Å². The molecule has 2 heterocycles. The Hall–Kier alpha value is -2.58. The summed E-state index contributed by atoms with van der Waals surface area (Å²) >= 11 is 3.14. The van der Waals surface area contributed by atoms with Crippen LogP contribution in [0.15, 0.2) is 45.0 Å². The molecule has 0 amide bonds. The van der Waals surface area contributed by atoms with E-state index in [2.05, 4.69) is 9.72 Å². The normalized spacial score (nSPS) is 10.7. The number of thiazole rings is 1. The number of furan rings is 1. The zero-order chi connectivity index (χ0) is 20.1. The van der Waals surface area contributed by atoms with Gasteiger partial charge in [-0.25, -0.2) is 14.6 Å². The van der Waals surface area contributed by atoms with Crippen molar-refractivity contribution in [2.45, 2.75) is 31.1 Å². The lowest BCUT2D eigenvalue weighted by molar-refractivity contribution is 0.0434. The van der Waals surface area contributed by atoms with Crippen LogP contribution in [0, 0.1) is 13.8 Å². The van der Waals surface area contributed by atoms with Gasteiger partial charge in [0.25, 0.3) is 0 Å². The molecule has 2 aromatic heterocycles. The van der Waals surface area contributed by atoms with Crippen molar-refractivity contribution in [1.82, 2.24) is 4.98 Å². The van der Waals surface area contributed by atoms with Crippen LogP contribution in [0.4, 0.5) is 0 Å². The maximum absolute atomic E-state index is 12.6. The Balaban J connectivity index is 1.65. The predicted molar refractivity (Wildman–Crippen MR) is 107 cm³/mol. The number of esters is 2. The minimum absolute atomic E-state index is 0.0685. The number of nitrogens with zero attached hydrogens (tertiary/aromatic N) is 1. The molecule has 0 aliphatic carbocycles. The van der Waals surface area contributed by atoms with Gasteiger partial charge in [-0.05, 0) is 32.0 Å². The summed E-state index contributed by atoms with van der Waals surface area (Å²) in [7, 11) is 1.28. The van der Waals surface area contributed by atoms with Crippen LogP contribution in [0.5, 0.6) is 0 Å². The van der Waals surface area contributed by atoms with E-state index in [9.17, 15) is 9.59 Å². The average Bonchev–Trinajstić information content (AvgIpc) is 3.29. The van der Waals surface area contributed by atoms with Crippen molar-refractivity contribution < 1.29 is 23.5 Å². The standard InChI is InChI=1S/C20H19NO5S2/c1-12-8-15(26-18(12)20(23)24-3)9-25-19(22)16-6-4-5-7-17(16)28-11-14-10-27-13(2)21-14/h4-8,10H,9,11H2,1-3H3. The van der Waals surface area contributed by atoms with Gasteiger partial charge in [-0.3, -0.25) is 0 Å². The van der Waals surface area contributed by atoms with Gasteiger partial charge in [-0.1, -0.05) is 12.1 Å². The van der Waals surface area contributed by atoms with Crippen molar-refractivity contribution in [1.29, 1.82) is 0 Å². The van der Waals surface area contributed by atoms with Gasteiger partial charge in [0.15, 0.2) is 0 Å². The predicted octanol–water partition coefficient (Wildman–Crippen LogP) is 4.79. The van der Waals surface area contributed by atoms with Crippen LogP contribution in [-0.4, -0.2) is 24.0 Å². The summed E-state index contributed by atoms with van der Waals surface area (Å²) in [5.74, 6) is 0.159. The number of aryl methyl sites for hydroxylation is 2. The second-order valence-corrected chi connectivity index (χ2v) is 8.01. The Bertz CT molecular complexity index is 992. The Morgan fingerprint density at radius 3 is 2.71 bits per heavy atom. The van der Waals surface area contributed by atoms with Gasteiger partial charge in [0.1, 0.15) is 12.4 Å². The molecule has 0 aliphatic rings. The van der Waals surface area contributed by atoms with E-state index < -0.39 is 11.9 Å². The maximum Gasteiger partial charge on any atom is 0.374 e. The number of thioether (sulfide) groups is 1. The number of ether oxygens (including phenoxy) is 2. The van der Waals surface area contributed by atoms with Gasteiger partial charge in [0.2, 0.25) is 5.76 Å². The molecule has 0 radical (unpaired) electrons. The van der Waals surface area contributed by atoms with Crippen LogP contribution in [0.3, 0.4) is 0 Å². The molecule has 0 N–H and O–H groups in total. The van der Waals surface area contributed by atoms with Gasteiger partial charge in [-0.2, -0.15) is 0 Å². The van der Waals surface area contributed by atoms with Crippen molar-refractivity contribution in [2.75, 3.05) is 7.11 Å². The molecule has 0 atom stereocenters. The molecule has 0 saturated heterocycles. The highest BCUT2D eigenvalue weighted by molar-refractivity contribution is 7.98. The van der Waals surface area contributed by atoms with E-state index in [4.69, 9.17) is 9.15 Å². The van der Waals surface area contributed by atoms with Gasteiger partial charge in [-0.15, -0.1) is 23.1 Å². The molecule has 6 nitrogen and oxygen atoms in total. The molecular weight excluding hydrogens is 398 g/mol. The Kier molecular flexibility index (Phi) is 6.53. The topological polar surface area (TPSA) is 78.6 Å². The molecule has 0 saturated carbocycles. The minimum Gasteiger partial charge on any atom is -0.463 e. The van der Waals surface area contributed by atoms with Crippen LogP contribution in [-0.2, 0) is 21.8 Å². The van der Waals surface area contributed by atoms with E-state index in [0.717, 1.165) is 15.6 Å². The van der Waals surface area contributed by atoms with E-state index in [0.29, 0.717) is 22.6 Å². The van der Waals surface area contributed by atoms with Crippen molar-refractivity contribution in [3.05, 3.63) is 69.1 Å². The van der Waals surface area contributed by atoms with Crippen LogP contribution in [0.1, 0.15) is 42.9 Å². The fourth-order valence-electron chi connectivity index (χ4n) is 2.52. The number of methoxy groups -OCH3 is 1. The fraction of sp³-hybridized carbons (Fsp3) is 0.250. The molecule has 8 heteroatoms. The molecular formula is C20H19NO5S2. The molecule has 28 heavy (non-hydrogen) atoms. The van der Waals surface area contributed by atoms with Gasteiger partial charge >= 0.3 is 11.9 Å². The summed E-state index contributed by atoms with van der Waals surface area (Å²) in [6, 6.07) is 8.94. The summed E-state index contributed by atoms with van der Waals surface area (Å²) in [6.45, 7) is 3.63. The van der Waals surface area contributed by atoms with Gasteiger partial charge in [0.05, 0.1) is 23.4 Å². The minimum atomic E-state index is -0.561. The van der Waals surface area contributed by atoms with E-state index >= 15 is 0 Å². The number of hydrogen-bond donors (Lipinski definition) is 0. The first-order valence-electron chi connectivity index (χ1n) is 8.45. The lowest BCUT2D eigenvalue weighted by Crippen LogP contribution is -2.06. The first kappa shape index (κ1) is 20.2. The summed E-state index contributed by atoms with van der Waals surface area (Å²) in [5.41, 5.74) is 2.10. The van der Waals surface area contributed by atoms with Gasteiger partial charge < -0.3 is 13.9 Å². The van der Waals surface area contributed by atoms with Crippen molar-refractivity contribution in [2.24, 2.45) is 0 Å². The van der Waals surface area contributed by atoms with Crippen LogP contribution in [0.25, 0.3) is 0 Å². The lowest BCUT2D eigenvalue weighted by atomic mass is 10.2. The molecule has 0 bridgehead atoms. The van der Waals surface area contributed by atoms with E-state index in [1.165, 1.54) is 18.9 Å². The third kappa shape index (κ3) is 4.82. The third-order valence-electron chi connectivity index (χ3n) is 3.83. The lowest BCUT2D eigenvalue weighted by Gasteiger charge is -2.08. The number of benzene rings is 1. The maximum atomic E-state index is 12.6. The Morgan fingerprint density at radius 2 is 2.00 bits per heavy atom. The average molecular weight is 418 g/mol. The highest BCUT2D eigenvalue weighted by Gasteiger charge is 2.18. The SMILES string of the molecule is COC(=O)c1oc(COC(=O)c2ccccc2SCc2csc(C)n2)cc1C. The van der Waals surface area contributed by atoms with E-state index in [1.807, 2.05) is 24.4 Å². The number of rotatable bonds is 7. The molecule has 3 rings (SSSR count). The van der Waals surface area contributed by atoms with Crippen molar-refractivity contribution in [3.8, 4) is 0 Å². The summed E-state index contributed by atoms with van der Waals surface area (Å²) in [6.07, 6.45) is 0. The Morgan fingerprint density at radius 1 is 1.21 bits per heavy atom. The monoisotopic (exact) mass is 417 g/mol. The Labute approximate surface area is 170 Å². The third-order valence-corrected chi connectivity index (χ3v) is 5.76. The van der Waals surface area contributed by atoms with Crippen molar-refractivity contribution >= 4 is 35.0 Å². The summed E-state index contributed by atoms with van der Waals surface area (Å²) < 4.78 is 15.5. The fourth-order valence-corrected chi connectivity index (χ4v) is 4.17. The summed E-state index contributed by atoms with van der Waals surface area (Å²) in [4.78, 5) is 29.4. The molecule has 0 aliphatic heterocycles. The van der Waals surface area contributed by atoms with Crippen LogP contribution in [0.2, 0.25) is 0 Å². The second-order valence-electron chi connectivity index (χ2n) is 5.94. The largest absolute Gasteiger partial charge is 0.463 e. The molecule has 3 aromatic rings. The number of hydrogen-bond acceptors (Lipinski definition) is 8. The van der Waals surface area contributed by atoms with Crippen LogP contribution < -0.4 is 0 Å². The quantitative estimate of drug-likeness (QED) is 0.404. The van der Waals surface area contributed by atoms with Crippen LogP contribution >= 0.6 is 23.1 Å². The molecule has 0 unspecified atom stereocenters. The number of carbonyl (C=O) groups is 2. The molecule has 0 spiro atoms. The molecule has 146 valence electrons. The van der Waals surface area contributed by atoms with E-state index in [-0.39, 0.29) is 12.4 Å². The summed E-state index contributed by atoms with van der Waals surface area (Å²) in [5, 5.41) is 3.03. The number of carbonyl (C=O) groups excluding carboxylic acids is 2. The first-order chi connectivity index (χ1) is 13.5. The number of aromatic nitrogens is 1. The van der Waals surface area contributed by atoms with E-state index in [1.54, 1.807) is 36.5 Å². The molecule has 1 aromatic carbocycles. The zero-order valence-electron chi connectivity index (χ0n) is 15.7. The smallest absolute Gasteiger partial charge is 0.374 e. The molecule has 0 fully saturated rings. The second kappa shape index (κ2) is 9.07. The zero-order valence-corrected chi connectivity index (χ0v) is 17.3. The highest BCUT2D eigenvalue weighted by atomic mass is 32.2. The van der Waals surface area contributed by atoms with Gasteiger partial charge in [0, 0.05) is 21.6 Å².